The van der Waals surface area contributed by atoms with Crippen LogP contribution in [0.4, 0.5) is 5.69 Å². The highest BCUT2D eigenvalue weighted by Crippen LogP contribution is 2.41. The molecule has 0 spiro atoms. The Morgan fingerprint density at radius 3 is 2.53 bits per heavy atom. The van der Waals surface area contributed by atoms with E-state index in [4.69, 9.17) is 13.9 Å². The highest BCUT2D eigenvalue weighted by atomic mass is 32.2. The maximum Gasteiger partial charge on any atom is 0.336 e. The molecule has 0 saturated heterocycles. The lowest BCUT2D eigenvalue weighted by molar-refractivity contribution is -0.140. The summed E-state index contributed by atoms with van der Waals surface area (Å²) in [5.41, 5.74) is 3.82. The molecule has 0 aliphatic carbocycles. The number of hydrogen-bond donors (Lipinski definition) is 2. The fourth-order valence-electron chi connectivity index (χ4n) is 3.66. The van der Waals surface area contributed by atoms with Crippen LogP contribution < -0.4 is 10.6 Å². The molecule has 1 aromatic carbocycles. The molecule has 1 aromatic heterocycles. The van der Waals surface area contributed by atoms with Crippen molar-refractivity contribution in [2.24, 2.45) is 0 Å². The largest absolute Gasteiger partial charge is 0.468 e. The molecule has 1 aliphatic rings. The van der Waals surface area contributed by atoms with Gasteiger partial charge in [-0.3, -0.25) is 4.79 Å². The minimum atomic E-state index is -0.750. The molecule has 9 heteroatoms. The number of aryl methyl sites for hydroxylation is 2. The van der Waals surface area contributed by atoms with E-state index in [2.05, 4.69) is 16.7 Å². The zero-order valence-corrected chi connectivity index (χ0v) is 20.4. The number of carbonyl (C=O) groups is 2. The quantitative estimate of drug-likeness (QED) is 0.406. The van der Waals surface area contributed by atoms with E-state index >= 15 is 0 Å². The SMILES string of the molecule is COCCOC(=O)C1=C(C)NC(SCC(=O)Nc2c(C)cccc2C)=C(C#N)[C@@H]1c1ccco1. The molecule has 178 valence electrons. The molecule has 0 fully saturated rings. The number of thioether (sulfide) groups is 1. The summed E-state index contributed by atoms with van der Waals surface area (Å²) in [5, 5.41) is 16.6. The maximum atomic E-state index is 12.9. The second kappa shape index (κ2) is 11.6. The van der Waals surface area contributed by atoms with Crippen LogP contribution in [0.2, 0.25) is 0 Å². The topological polar surface area (TPSA) is 114 Å². The predicted octanol–water partition coefficient (Wildman–Crippen LogP) is 4.15. The summed E-state index contributed by atoms with van der Waals surface area (Å²) in [5.74, 6) is -0.995. The molecule has 1 aliphatic heterocycles. The Morgan fingerprint density at radius 2 is 1.91 bits per heavy atom. The number of dihydropyridines is 1. The predicted molar refractivity (Wildman–Crippen MR) is 130 cm³/mol. The van der Waals surface area contributed by atoms with Gasteiger partial charge in [0.05, 0.1) is 46.8 Å². The molecule has 1 atom stereocenters. The van der Waals surface area contributed by atoms with Gasteiger partial charge in [0.15, 0.2) is 0 Å². The number of methoxy groups -OCH3 is 1. The third-order valence-corrected chi connectivity index (χ3v) is 6.33. The zero-order chi connectivity index (χ0) is 24.7. The van der Waals surface area contributed by atoms with Crippen LogP contribution in [-0.4, -0.2) is 38.0 Å². The molecule has 1 amide bonds. The Kier molecular flexibility index (Phi) is 8.57. The number of carbonyl (C=O) groups excluding carboxylic acids is 2. The molecule has 8 nitrogen and oxygen atoms in total. The number of amides is 1. The van der Waals surface area contributed by atoms with Crippen LogP contribution in [0.1, 0.15) is 29.7 Å². The van der Waals surface area contributed by atoms with Gasteiger partial charge in [0, 0.05) is 18.5 Å². The maximum absolute atomic E-state index is 12.9. The van der Waals surface area contributed by atoms with Crippen LogP contribution in [0.5, 0.6) is 0 Å². The number of hydrogen-bond acceptors (Lipinski definition) is 8. The Labute approximate surface area is 203 Å². The van der Waals surface area contributed by atoms with Gasteiger partial charge in [0.1, 0.15) is 12.4 Å². The first kappa shape index (κ1) is 25.1. The minimum absolute atomic E-state index is 0.0764. The number of nitriles is 1. The smallest absolute Gasteiger partial charge is 0.336 e. The fourth-order valence-corrected chi connectivity index (χ4v) is 4.55. The number of allylic oxidation sites excluding steroid dienone is 2. The number of furan rings is 1. The van der Waals surface area contributed by atoms with Gasteiger partial charge in [-0.25, -0.2) is 4.79 Å². The third-order valence-electron chi connectivity index (χ3n) is 5.31. The van der Waals surface area contributed by atoms with Gasteiger partial charge in [-0.15, -0.1) is 0 Å². The number of benzene rings is 1. The Balaban J connectivity index is 1.83. The van der Waals surface area contributed by atoms with Gasteiger partial charge in [0.2, 0.25) is 5.91 Å². The van der Waals surface area contributed by atoms with Crippen molar-refractivity contribution in [2.75, 3.05) is 31.4 Å². The number of para-hydroxylation sites is 1. The summed E-state index contributed by atoms with van der Waals surface area (Å²) in [6, 6.07) is 11.4. The second-order valence-electron chi connectivity index (χ2n) is 7.70. The lowest BCUT2D eigenvalue weighted by Crippen LogP contribution is -2.29. The van der Waals surface area contributed by atoms with Crippen LogP contribution in [0, 0.1) is 25.2 Å². The Hall–Kier alpha value is -3.48. The fraction of sp³-hybridized carbons (Fsp3) is 0.320. The molecular weight excluding hydrogens is 454 g/mol. The molecule has 0 bridgehead atoms. The highest BCUT2D eigenvalue weighted by molar-refractivity contribution is 8.03. The summed E-state index contributed by atoms with van der Waals surface area (Å²) in [7, 11) is 1.52. The molecule has 2 aromatic rings. The normalized spacial score (nSPS) is 15.6. The standard InChI is InChI=1S/C25H27N3O5S/c1-15-7-5-8-16(2)23(15)28-20(29)14-34-24-18(13-26)22(19-9-6-10-32-19)21(17(3)27-24)25(30)33-12-11-31-4/h5-10,22,27H,11-12,14H2,1-4H3,(H,28,29)/t22-/m1/s1. The summed E-state index contributed by atoms with van der Waals surface area (Å²) in [6.07, 6.45) is 1.49. The van der Waals surface area contributed by atoms with Gasteiger partial charge >= 0.3 is 5.97 Å². The number of nitrogens with zero attached hydrogens (tertiary/aromatic N) is 1. The number of nitrogens with one attached hydrogen (secondary N) is 2. The second-order valence-corrected chi connectivity index (χ2v) is 8.68. The molecule has 34 heavy (non-hydrogen) atoms. The molecule has 3 rings (SSSR count). The van der Waals surface area contributed by atoms with E-state index in [0.29, 0.717) is 16.5 Å². The van der Waals surface area contributed by atoms with Gasteiger partial charge in [-0.05, 0) is 44.0 Å². The monoisotopic (exact) mass is 481 g/mol. The molecule has 0 radical (unpaired) electrons. The van der Waals surface area contributed by atoms with Crippen molar-refractivity contribution in [3.63, 3.8) is 0 Å². The van der Waals surface area contributed by atoms with E-state index < -0.39 is 11.9 Å². The van der Waals surface area contributed by atoms with Gasteiger partial charge in [0.25, 0.3) is 0 Å². The minimum Gasteiger partial charge on any atom is -0.468 e. The molecule has 0 saturated carbocycles. The Morgan fingerprint density at radius 1 is 1.18 bits per heavy atom. The van der Waals surface area contributed by atoms with E-state index in [1.165, 1.54) is 25.1 Å². The molecular formula is C25H27N3O5S. The van der Waals surface area contributed by atoms with Gasteiger partial charge < -0.3 is 24.5 Å². The van der Waals surface area contributed by atoms with Crippen LogP contribution in [-0.2, 0) is 19.1 Å². The average molecular weight is 482 g/mol. The molecule has 2 N–H and O–H groups in total. The number of ether oxygens (including phenoxy) is 2. The van der Waals surface area contributed by atoms with Crippen molar-refractivity contribution in [1.82, 2.24) is 5.32 Å². The first-order chi connectivity index (χ1) is 16.4. The highest BCUT2D eigenvalue weighted by Gasteiger charge is 2.37. The number of rotatable bonds is 9. The van der Waals surface area contributed by atoms with Crippen LogP contribution >= 0.6 is 11.8 Å². The third kappa shape index (κ3) is 5.71. The molecule has 2 heterocycles. The van der Waals surface area contributed by atoms with E-state index in [0.717, 1.165) is 16.8 Å². The van der Waals surface area contributed by atoms with Crippen molar-refractivity contribution < 1.29 is 23.5 Å². The summed E-state index contributed by atoms with van der Waals surface area (Å²) < 4.78 is 15.8. The van der Waals surface area contributed by atoms with Crippen LogP contribution in [0.3, 0.4) is 0 Å². The lowest BCUT2D eigenvalue weighted by Gasteiger charge is -2.27. The van der Waals surface area contributed by atoms with Crippen molar-refractivity contribution in [3.8, 4) is 6.07 Å². The Bertz CT molecular complexity index is 1140. The van der Waals surface area contributed by atoms with E-state index in [-0.39, 0.29) is 36.0 Å². The summed E-state index contributed by atoms with van der Waals surface area (Å²) in [6.45, 7) is 5.94. The van der Waals surface area contributed by atoms with Crippen molar-refractivity contribution >= 4 is 29.3 Å². The lowest BCUT2D eigenvalue weighted by atomic mass is 9.86. The summed E-state index contributed by atoms with van der Waals surface area (Å²) in [4.78, 5) is 25.6. The van der Waals surface area contributed by atoms with Crippen molar-refractivity contribution in [1.29, 1.82) is 5.26 Å². The van der Waals surface area contributed by atoms with Crippen molar-refractivity contribution in [3.05, 3.63) is 75.4 Å². The first-order valence-corrected chi connectivity index (χ1v) is 11.7. The van der Waals surface area contributed by atoms with Gasteiger partial charge in [-0.1, -0.05) is 30.0 Å². The van der Waals surface area contributed by atoms with Crippen molar-refractivity contribution in [2.45, 2.75) is 26.7 Å². The van der Waals surface area contributed by atoms with E-state index in [9.17, 15) is 14.9 Å². The number of anilines is 1. The van der Waals surface area contributed by atoms with Gasteiger partial charge in [-0.2, -0.15) is 5.26 Å². The zero-order valence-electron chi connectivity index (χ0n) is 19.6. The summed E-state index contributed by atoms with van der Waals surface area (Å²) >= 11 is 1.20. The van der Waals surface area contributed by atoms with E-state index in [1.54, 1.807) is 19.1 Å². The van der Waals surface area contributed by atoms with Crippen LogP contribution in [0.25, 0.3) is 0 Å². The first-order valence-electron chi connectivity index (χ1n) is 10.7. The average Bonchev–Trinajstić information content (AvgIpc) is 3.34. The van der Waals surface area contributed by atoms with Crippen LogP contribution in [0.15, 0.2) is 62.9 Å². The number of esters is 1. The molecule has 0 unspecified atom stereocenters. The van der Waals surface area contributed by atoms with E-state index in [1.807, 2.05) is 32.0 Å².